The molecule has 1 aromatic heterocycles. The van der Waals surface area contributed by atoms with Crippen LogP contribution in [0, 0.1) is 0 Å². The van der Waals surface area contributed by atoms with Gasteiger partial charge in [-0.3, -0.25) is 0 Å². The normalized spacial score (nSPS) is 13.1. The number of nitrogens with one attached hydrogen (secondary N) is 2. The molecule has 4 N–H and O–H groups in total. The largest absolute Gasteiger partial charge is 0.486 e. The van der Waals surface area contributed by atoms with Crippen LogP contribution in [0.15, 0.2) is 48.8 Å². The summed E-state index contributed by atoms with van der Waals surface area (Å²) in [7, 11) is 0. The van der Waals surface area contributed by atoms with Crippen LogP contribution in [-0.2, 0) is 6.18 Å². The summed E-state index contributed by atoms with van der Waals surface area (Å²) in [6, 6.07) is 10.3. The molecule has 7 nitrogen and oxygen atoms in total. The summed E-state index contributed by atoms with van der Waals surface area (Å²) >= 11 is 0. The lowest BCUT2D eigenvalue weighted by Gasteiger charge is -2.19. The molecule has 2 aromatic carbocycles. The third-order valence-corrected chi connectivity index (χ3v) is 4.17. The zero-order valence-corrected chi connectivity index (χ0v) is 15.0. The molecule has 0 unspecified atom stereocenters. The van der Waals surface area contributed by atoms with Crippen molar-refractivity contribution in [3.63, 3.8) is 0 Å². The molecule has 1 aliphatic heterocycles. The van der Waals surface area contributed by atoms with Gasteiger partial charge in [0.25, 0.3) is 0 Å². The molecule has 1 aliphatic rings. The maximum absolute atomic E-state index is 13.2. The first-order chi connectivity index (χ1) is 13.9. The number of nitrogen functional groups attached to an aromatic ring is 1. The summed E-state index contributed by atoms with van der Waals surface area (Å²) in [5.41, 5.74) is 5.81. The van der Waals surface area contributed by atoms with E-state index in [0.29, 0.717) is 30.4 Å². The first-order valence-electron chi connectivity index (χ1n) is 8.62. The van der Waals surface area contributed by atoms with Gasteiger partial charge in [0.05, 0.1) is 11.3 Å². The number of aromatic nitrogens is 2. The van der Waals surface area contributed by atoms with E-state index in [1.165, 1.54) is 24.5 Å². The van der Waals surface area contributed by atoms with Crippen molar-refractivity contribution >= 4 is 28.7 Å². The van der Waals surface area contributed by atoms with E-state index in [-0.39, 0.29) is 23.0 Å². The Bertz CT molecular complexity index is 1040. The second kappa shape index (κ2) is 7.38. The molecule has 0 bridgehead atoms. The molecule has 0 radical (unpaired) electrons. The smallest absolute Gasteiger partial charge is 0.418 e. The number of fused-ring (bicyclic) bond motifs is 1. The number of anilines is 5. The number of para-hydroxylation sites is 1. The number of halogens is 3. The van der Waals surface area contributed by atoms with Gasteiger partial charge in [0.15, 0.2) is 23.1 Å². The van der Waals surface area contributed by atoms with E-state index in [4.69, 9.17) is 15.2 Å². The van der Waals surface area contributed by atoms with E-state index in [0.717, 1.165) is 6.07 Å². The van der Waals surface area contributed by atoms with Crippen LogP contribution >= 0.6 is 0 Å². The lowest BCUT2D eigenvalue weighted by atomic mass is 10.1. The predicted octanol–water partition coefficient (Wildman–Crippen LogP) is 4.34. The van der Waals surface area contributed by atoms with Gasteiger partial charge >= 0.3 is 6.18 Å². The highest BCUT2D eigenvalue weighted by atomic mass is 19.4. The lowest BCUT2D eigenvalue weighted by Crippen LogP contribution is -2.15. The molecule has 0 fully saturated rings. The molecule has 0 aliphatic carbocycles. The average molecular weight is 403 g/mol. The summed E-state index contributed by atoms with van der Waals surface area (Å²) in [5.74, 6) is 1.50. The summed E-state index contributed by atoms with van der Waals surface area (Å²) < 4.78 is 50.7. The van der Waals surface area contributed by atoms with E-state index in [2.05, 4.69) is 20.6 Å². The van der Waals surface area contributed by atoms with Crippen molar-refractivity contribution in [2.75, 3.05) is 29.6 Å². The van der Waals surface area contributed by atoms with E-state index in [1.54, 1.807) is 18.2 Å². The summed E-state index contributed by atoms with van der Waals surface area (Å²) in [6.45, 7) is 0.922. The first kappa shape index (κ1) is 18.7. The molecule has 0 spiro atoms. The molecular formula is C19H16F3N5O2. The Morgan fingerprint density at radius 2 is 1.59 bits per heavy atom. The third-order valence-electron chi connectivity index (χ3n) is 4.17. The fourth-order valence-electron chi connectivity index (χ4n) is 2.82. The van der Waals surface area contributed by atoms with Crippen LogP contribution in [0.3, 0.4) is 0 Å². The Balaban J connectivity index is 1.60. The Kier molecular flexibility index (Phi) is 4.75. The minimum absolute atomic E-state index is 0.0525. The molecular weight excluding hydrogens is 387 g/mol. The minimum Gasteiger partial charge on any atom is -0.486 e. The number of ether oxygens (including phenoxy) is 2. The lowest BCUT2D eigenvalue weighted by molar-refractivity contribution is -0.136. The van der Waals surface area contributed by atoms with E-state index >= 15 is 0 Å². The maximum Gasteiger partial charge on any atom is 0.418 e. The fraction of sp³-hybridized carbons (Fsp3) is 0.158. The van der Waals surface area contributed by atoms with Gasteiger partial charge < -0.3 is 25.8 Å². The highest BCUT2D eigenvalue weighted by molar-refractivity contribution is 5.81. The van der Waals surface area contributed by atoms with Crippen LogP contribution < -0.4 is 25.8 Å². The van der Waals surface area contributed by atoms with Crippen LogP contribution in [-0.4, -0.2) is 23.2 Å². The predicted molar refractivity (Wildman–Crippen MR) is 102 cm³/mol. The van der Waals surface area contributed by atoms with Crippen LogP contribution in [0.5, 0.6) is 11.5 Å². The zero-order chi connectivity index (χ0) is 20.4. The second-order valence-electron chi connectivity index (χ2n) is 6.14. The number of nitrogens with zero attached hydrogens (tertiary/aromatic N) is 2. The quantitative estimate of drug-likeness (QED) is 0.597. The van der Waals surface area contributed by atoms with Gasteiger partial charge in [-0.15, -0.1) is 0 Å². The van der Waals surface area contributed by atoms with Crippen molar-refractivity contribution in [1.82, 2.24) is 9.97 Å². The Morgan fingerprint density at radius 1 is 0.897 bits per heavy atom. The van der Waals surface area contributed by atoms with Gasteiger partial charge in [-0.1, -0.05) is 12.1 Å². The number of hydrogen-bond donors (Lipinski definition) is 3. The number of nitrogens with two attached hydrogens (primary N) is 1. The van der Waals surface area contributed by atoms with Gasteiger partial charge in [-0.25, -0.2) is 9.97 Å². The Morgan fingerprint density at radius 3 is 2.34 bits per heavy atom. The molecule has 150 valence electrons. The summed E-state index contributed by atoms with van der Waals surface area (Å²) in [5, 5.41) is 5.66. The molecule has 10 heteroatoms. The van der Waals surface area contributed by atoms with Gasteiger partial charge in [-0.2, -0.15) is 13.2 Å². The molecule has 3 aromatic rings. The number of rotatable bonds is 4. The van der Waals surface area contributed by atoms with Crippen LogP contribution in [0.2, 0.25) is 0 Å². The number of benzene rings is 2. The standard InChI is InChI=1S/C19H16F3N5O2/c20-19(21,22)12-3-1-2-4-13(12)27-18-16(23)17(24-10-25-18)26-11-5-6-14-15(9-11)29-8-7-28-14/h1-6,9-10H,7-8,23H2,(H2,24,25,26,27). The van der Waals surface area contributed by atoms with Crippen molar-refractivity contribution in [2.24, 2.45) is 0 Å². The summed E-state index contributed by atoms with van der Waals surface area (Å²) in [6.07, 6.45) is -3.31. The minimum atomic E-state index is -4.52. The number of hydrogen-bond acceptors (Lipinski definition) is 7. The van der Waals surface area contributed by atoms with E-state index < -0.39 is 11.7 Å². The molecule has 2 heterocycles. The molecule has 4 rings (SSSR count). The third kappa shape index (κ3) is 3.96. The molecule has 0 saturated carbocycles. The highest BCUT2D eigenvalue weighted by Crippen LogP contribution is 2.38. The van der Waals surface area contributed by atoms with Crippen molar-refractivity contribution in [1.29, 1.82) is 0 Å². The van der Waals surface area contributed by atoms with Gasteiger partial charge in [0.1, 0.15) is 25.2 Å². The molecule has 0 atom stereocenters. The topological polar surface area (TPSA) is 94.3 Å². The van der Waals surface area contributed by atoms with Gasteiger partial charge in [0, 0.05) is 11.8 Å². The Labute approximate surface area is 163 Å². The van der Waals surface area contributed by atoms with Crippen molar-refractivity contribution in [2.45, 2.75) is 6.18 Å². The monoisotopic (exact) mass is 403 g/mol. The van der Waals surface area contributed by atoms with Crippen molar-refractivity contribution in [3.05, 3.63) is 54.4 Å². The molecule has 0 saturated heterocycles. The van der Waals surface area contributed by atoms with Crippen LogP contribution in [0.25, 0.3) is 0 Å². The van der Waals surface area contributed by atoms with Crippen molar-refractivity contribution in [3.8, 4) is 11.5 Å². The Hall–Kier alpha value is -3.69. The summed E-state index contributed by atoms with van der Waals surface area (Å²) in [4.78, 5) is 8.05. The SMILES string of the molecule is Nc1c(Nc2ccc3c(c2)OCCO3)ncnc1Nc1ccccc1C(F)(F)F. The molecule has 0 amide bonds. The highest BCUT2D eigenvalue weighted by Gasteiger charge is 2.33. The first-order valence-corrected chi connectivity index (χ1v) is 8.62. The van der Waals surface area contributed by atoms with E-state index in [1.807, 2.05) is 0 Å². The molecule has 29 heavy (non-hydrogen) atoms. The number of alkyl halides is 3. The van der Waals surface area contributed by atoms with E-state index in [9.17, 15) is 13.2 Å². The zero-order valence-electron chi connectivity index (χ0n) is 15.0. The van der Waals surface area contributed by atoms with Crippen LogP contribution in [0.1, 0.15) is 5.56 Å². The maximum atomic E-state index is 13.2. The second-order valence-corrected chi connectivity index (χ2v) is 6.14. The van der Waals surface area contributed by atoms with Gasteiger partial charge in [-0.05, 0) is 24.3 Å². The van der Waals surface area contributed by atoms with Crippen LogP contribution in [0.4, 0.5) is 41.9 Å². The fourth-order valence-corrected chi connectivity index (χ4v) is 2.82. The average Bonchev–Trinajstić information content (AvgIpc) is 2.70. The van der Waals surface area contributed by atoms with Crippen molar-refractivity contribution < 1.29 is 22.6 Å². The van der Waals surface area contributed by atoms with Gasteiger partial charge in [0.2, 0.25) is 0 Å².